The van der Waals surface area contributed by atoms with Gasteiger partial charge in [-0.05, 0) is 18.6 Å². The molecule has 1 aromatic carbocycles. The fourth-order valence-corrected chi connectivity index (χ4v) is 2.32. The molecule has 0 spiro atoms. The lowest BCUT2D eigenvalue weighted by Crippen LogP contribution is -2.89. The highest BCUT2D eigenvalue weighted by Gasteiger charge is 2.15. The Labute approximate surface area is 128 Å². The van der Waals surface area contributed by atoms with Gasteiger partial charge in [-0.15, -0.1) is 0 Å². The molecule has 0 aliphatic carbocycles. The van der Waals surface area contributed by atoms with Crippen LogP contribution >= 0.6 is 23.2 Å². The molecule has 0 saturated heterocycles. The van der Waals surface area contributed by atoms with Crippen LogP contribution in [-0.4, -0.2) is 30.3 Å². The van der Waals surface area contributed by atoms with E-state index in [-0.39, 0.29) is 19.3 Å². The number of hydrogen-bond acceptors (Lipinski definition) is 3. The van der Waals surface area contributed by atoms with Gasteiger partial charge in [0.2, 0.25) is 0 Å². The van der Waals surface area contributed by atoms with E-state index < -0.39 is 5.91 Å². The number of quaternary nitrogens is 1. The summed E-state index contributed by atoms with van der Waals surface area (Å²) in [6, 6.07) is 3.37. The number of primary amides is 1. The van der Waals surface area contributed by atoms with Crippen molar-refractivity contribution in [3.8, 4) is 5.75 Å². The van der Waals surface area contributed by atoms with E-state index in [4.69, 9.17) is 33.7 Å². The minimum atomic E-state index is -0.576. The summed E-state index contributed by atoms with van der Waals surface area (Å²) in [5, 5.41) is 12.0. The van der Waals surface area contributed by atoms with Crippen molar-refractivity contribution in [2.75, 3.05) is 13.2 Å². The SMILES string of the molecule is CC[C@@H](CO)[NH2+]Cc1cc(Cl)cc(Cl)c1OCC(N)=O. The fraction of sp³-hybridized carbons (Fsp3) is 0.462. The van der Waals surface area contributed by atoms with E-state index in [1.165, 1.54) is 0 Å². The van der Waals surface area contributed by atoms with Crippen molar-refractivity contribution in [3.63, 3.8) is 0 Å². The summed E-state index contributed by atoms with van der Waals surface area (Å²) >= 11 is 12.0. The zero-order valence-corrected chi connectivity index (χ0v) is 12.7. The van der Waals surface area contributed by atoms with Gasteiger partial charge in [0.25, 0.3) is 5.91 Å². The number of benzene rings is 1. The Morgan fingerprint density at radius 1 is 1.50 bits per heavy atom. The number of aliphatic hydroxyl groups excluding tert-OH is 1. The molecule has 0 unspecified atom stereocenters. The summed E-state index contributed by atoms with van der Waals surface area (Å²) in [6.07, 6.45) is 0.836. The molecule has 5 nitrogen and oxygen atoms in total. The maximum atomic E-state index is 10.8. The minimum Gasteiger partial charge on any atom is -0.482 e. The van der Waals surface area contributed by atoms with Crippen LogP contribution in [0.1, 0.15) is 18.9 Å². The average Bonchev–Trinajstić information content (AvgIpc) is 2.38. The molecule has 0 radical (unpaired) electrons. The molecule has 0 aliphatic rings. The molecule has 0 heterocycles. The first-order valence-electron chi connectivity index (χ1n) is 6.31. The first-order valence-corrected chi connectivity index (χ1v) is 7.06. The monoisotopic (exact) mass is 321 g/mol. The van der Waals surface area contributed by atoms with Crippen LogP contribution in [0.5, 0.6) is 5.75 Å². The van der Waals surface area contributed by atoms with Crippen LogP contribution in [0.25, 0.3) is 0 Å². The van der Waals surface area contributed by atoms with E-state index in [1.54, 1.807) is 12.1 Å². The average molecular weight is 322 g/mol. The number of hydrogen-bond donors (Lipinski definition) is 3. The van der Waals surface area contributed by atoms with E-state index in [0.29, 0.717) is 22.3 Å². The number of aliphatic hydroxyl groups is 1. The molecule has 20 heavy (non-hydrogen) atoms. The second-order valence-electron chi connectivity index (χ2n) is 4.42. The van der Waals surface area contributed by atoms with E-state index in [0.717, 1.165) is 12.0 Å². The first-order chi connectivity index (χ1) is 9.47. The third-order valence-corrected chi connectivity index (χ3v) is 3.37. The molecule has 7 heteroatoms. The molecule has 0 bridgehead atoms. The molecular weight excluding hydrogens is 303 g/mol. The Kier molecular flexibility index (Phi) is 7.09. The number of carbonyl (C=O) groups excluding carboxylic acids is 1. The molecule has 0 fully saturated rings. The zero-order chi connectivity index (χ0) is 15.1. The van der Waals surface area contributed by atoms with Crippen molar-refractivity contribution in [2.45, 2.75) is 25.9 Å². The molecule has 0 aliphatic heterocycles. The van der Waals surface area contributed by atoms with E-state index in [9.17, 15) is 9.90 Å². The number of amides is 1. The van der Waals surface area contributed by atoms with Crippen LogP contribution in [0.15, 0.2) is 12.1 Å². The van der Waals surface area contributed by atoms with Gasteiger partial charge in [0.15, 0.2) is 6.61 Å². The van der Waals surface area contributed by atoms with Gasteiger partial charge in [-0.3, -0.25) is 4.79 Å². The summed E-state index contributed by atoms with van der Waals surface area (Å²) in [5.74, 6) is -0.174. The number of ether oxygens (including phenoxy) is 1. The van der Waals surface area contributed by atoms with Gasteiger partial charge in [0.05, 0.1) is 17.2 Å². The van der Waals surface area contributed by atoms with Gasteiger partial charge < -0.3 is 20.9 Å². The van der Waals surface area contributed by atoms with Crippen LogP contribution < -0.4 is 15.8 Å². The molecule has 1 amide bonds. The van der Waals surface area contributed by atoms with Crippen molar-refractivity contribution >= 4 is 29.1 Å². The summed E-state index contributed by atoms with van der Waals surface area (Å²) in [4.78, 5) is 10.8. The minimum absolute atomic E-state index is 0.0856. The van der Waals surface area contributed by atoms with Crippen molar-refractivity contribution in [2.24, 2.45) is 5.73 Å². The van der Waals surface area contributed by atoms with Crippen LogP contribution in [0.2, 0.25) is 10.0 Å². The summed E-state index contributed by atoms with van der Waals surface area (Å²) in [6.45, 7) is 2.37. The van der Waals surface area contributed by atoms with Gasteiger partial charge in [0.1, 0.15) is 18.3 Å². The Morgan fingerprint density at radius 3 is 2.75 bits per heavy atom. The second-order valence-corrected chi connectivity index (χ2v) is 5.27. The zero-order valence-electron chi connectivity index (χ0n) is 11.2. The fourth-order valence-electron chi connectivity index (χ4n) is 1.73. The Hall–Kier alpha value is -1.01. The third-order valence-electron chi connectivity index (χ3n) is 2.87. The lowest BCUT2D eigenvalue weighted by Gasteiger charge is -2.15. The maximum Gasteiger partial charge on any atom is 0.255 e. The lowest BCUT2D eigenvalue weighted by molar-refractivity contribution is -0.706. The van der Waals surface area contributed by atoms with Crippen molar-refractivity contribution in [3.05, 3.63) is 27.7 Å². The van der Waals surface area contributed by atoms with Crippen LogP contribution in [0.4, 0.5) is 0 Å². The lowest BCUT2D eigenvalue weighted by atomic mass is 10.1. The molecule has 1 rings (SSSR count). The first kappa shape index (κ1) is 17.0. The molecule has 0 aromatic heterocycles. The summed E-state index contributed by atoms with van der Waals surface area (Å²) in [5.41, 5.74) is 5.82. The Morgan fingerprint density at radius 2 is 2.20 bits per heavy atom. The molecule has 0 saturated carbocycles. The molecule has 5 N–H and O–H groups in total. The van der Waals surface area contributed by atoms with E-state index >= 15 is 0 Å². The molecule has 1 aromatic rings. The van der Waals surface area contributed by atoms with Crippen molar-refractivity contribution in [1.29, 1.82) is 0 Å². The van der Waals surface area contributed by atoms with Crippen LogP contribution in [0, 0.1) is 0 Å². The predicted octanol–water partition coefficient (Wildman–Crippen LogP) is 0.692. The summed E-state index contributed by atoms with van der Waals surface area (Å²) in [7, 11) is 0. The Bertz CT molecular complexity index is 465. The van der Waals surface area contributed by atoms with Gasteiger partial charge in [-0.1, -0.05) is 30.1 Å². The normalized spacial score (nSPS) is 12.2. The van der Waals surface area contributed by atoms with Gasteiger partial charge in [0, 0.05) is 5.02 Å². The summed E-state index contributed by atoms with van der Waals surface area (Å²) < 4.78 is 5.34. The highest BCUT2D eigenvalue weighted by molar-refractivity contribution is 6.35. The number of nitrogens with two attached hydrogens (primary N) is 2. The maximum absolute atomic E-state index is 10.8. The quantitative estimate of drug-likeness (QED) is 0.658. The van der Waals surface area contributed by atoms with Gasteiger partial charge in [-0.25, -0.2) is 0 Å². The highest BCUT2D eigenvalue weighted by Crippen LogP contribution is 2.32. The largest absolute Gasteiger partial charge is 0.482 e. The standard InChI is InChI=1S/C13H18Cl2N2O3/c1-2-10(6-18)17-5-8-3-9(14)4-11(15)13(8)20-7-12(16)19/h3-4,10,17-18H,2,5-7H2,1H3,(H2,16,19)/p+1/t10-/m0/s1. The third kappa shape index (κ3) is 5.17. The van der Waals surface area contributed by atoms with Crippen molar-refractivity contribution < 1.29 is 20.0 Å². The smallest absolute Gasteiger partial charge is 0.255 e. The number of rotatable bonds is 8. The van der Waals surface area contributed by atoms with Crippen LogP contribution in [0.3, 0.4) is 0 Å². The van der Waals surface area contributed by atoms with E-state index in [2.05, 4.69) is 0 Å². The molecular formula is C13H19Cl2N2O3+. The second kappa shape index (κ2) is 8.32. The number of halogens is 2. The highest BCUT2D eigenvalue weighted by atomic mass is 35.5. The van der Waals surface area contributed by atoms with Gasteiger partial charge in [-0.2, -0.15) is 0 Å². The topological polar surface area (TPSA) is 89.2 Å². The van der Waals surface area contributed by atoms with E-state index in [1.807, 2.05) is 12.2 Å². The number of carbonyl (C=O) groups is 1. The van der Waals surface area contributed by atoms with Crippen LogP contribution in [-0.2, 0) is 11.3 Å². The van der Waals surface area contributed by atoms with Crippen molar-refractivity contribution in [1.82, 2.24) is 0 Å². The van der Waals surface area contributed by atoms with Gasteiger partial charge >= 0.3 is 0 Å². The Balaban J connectivity index is 2.88. The molecule has 112 valence electrons. The molecule has 1 atom stereocenters. The predicted molar refractivity (Wildman–Crippen MR) is 77.9 cm³/mol.